The molecule has 2 rings (SSSR count). The highest BCUT2D eigenvalue weighted by Crippen LogP contribution is 2.18. The summed E-state index contributed by atoms with van der Waals surface area (Å²) in [6.45, 7) is 8.28. The number of piperazine rings is 1. The summed E-state index contributed by atoms with van der Waals surface area (Å²) in [7, 11) is 1.78. The second-order valence-electron chi connectivity index (χ2n) is 6.52. The Labute approximate surface area is 130 Å². The van der Waals surface area contributed by atoms with Crippen molar-refractivity contribution < 1.29 is 9.59 Å². The van der Waals surface area contributed by atoms with Gasteiger partial charge in [-0.25, -0.2) is 9.78 Å². The molecule has 0 atom stereocenters. The van der Waals surface area contributed by atoms with Crippen LogP contribution in [0.15, 0.2) is 6.33 Å². The summed E-state index contributed by atoms with van der Waals surface area (Å²) >= 11 is 0. The van der Waals surface area contributed by atoms with Gasteiger partial charge in [-0.1, -0.05) is 20.8 Å². The summed E-state index contributed by atoms with van der Waals surface area (Å²) in [6.07, 6.45) is 1.60. The van der Waals surface area contributed by atoms with Crippen molar-refractivity contribution in [2.45, 2.75) is 27.3 Å². The fourth-order valence-electron chi connectivity index (χ4n) is 2.32. The largest absolute Gasteiger partial charge is 0.339 e. The summed E-state index contributed by atoms with van der Waals surface area (Å²) in [5.41, 5.74) is -0.380. The Hall–Kier alpha value is -2.12. The molecule has 0 saturated carbocycles. The van der Waals surface area contributed by atoms with E-state index in [0.29, 0.717) is 38.5 Å². The standard InChI is InChI=1S/C14H24N6O2/c1-14(2,3)12(21)19-5-7-20(8-6-19)13(22)15-9-11-16-10-18(4)17-11/h10H,5-9H2,1-4H3,(H,15,22). The minimum absolute atomic E-state index is 0.130. The third kappa shape index (κ3) is 3.96. The van der Waals surface area contributed by atoms with Gasteiger partial charge in [0.05, 0.1) is 6.54 Å². The van der Waals surface area contributed by atoms with Crippen LogP contribution < -0.4 is 5.32 Å². The molecule has 22 heavy (non-hydrogen) atoms. The lowest BCUT2D eigenvalue weighted by Gasteiger charge is -2.37. The Kier molecular flexibility index (Phi) is 4.68. The van der Waals surface area contributed by atoms with E-state index >= 15 is 0 Å². The smallest absolute Gasteiger partial charge is 0.317 e. The minimum Gasteiger partial charge on any atom is -0.339 e. The molecule has 0 aliphatic carbocycles. The molecule has 1 aliphatic rings. The van der Waals surface area contributed by atoms with Crippen molar-refractivity contribution in [1.82, 2.24) is 29.9 Å². The van der Waals surface area contributed by atoms with E-state index in [-0.39, 0.29) is 17.4 Å². The number of carbonyl (C=O) groups excluding carboxylic acids is 2. The number of nitrogens with one attached hydrogen (secondary N) is 1. The first-order chi connectivity index (χ1) is 10.3. The van der Waals surface area contributed by atoms with Crippen LogP contribution in [0.3, 0.4) is 0 Å². The summed E-state index contributed by atoms with van der Waals surface area (Å²) < 4.78 is 1.60. The predicted octanol–water partition coefficient (Wildman–Crippen LogP) is 0.215. The summed E-state index contributed by atoms with van der Waals surface area (Å²) in [5.74, 6) is 0.711. The number of amides is 3. The molecule has 8 heteroatoms. The second-order valence-corrected chi connectivity index (χ2v) is 6.52. The van der Waals surface area contributed by atoms with Crippen molar-refractivity contribution in [3.8, 4) is 0 Å². The Morgan fingerprint density at radius 1 is 1.18 bits per heavy atom. The Balaban J connectivity index is 1.79. The van der Waals surface area contributed by atoms with Gasteiger partial charge >= 0.3 is 6.03 Å². The monoisotopic (exact) mass is 308 g/mol. The SMILES string of the molecule is Cn1cnc(CNC(=O)N2CCN(C(=O)C(C)(C)C)CC2)n1. The average Bonchev–Trinajstić information content (AvgIpc) is 2.89. The zero-order valence-electron chi connectivity index (χ0n) is 13.7. The third-order valence-electron chi connectivity index (χ3n) is 3.54. The van der Waals surface area contributed by atoms with E-state index < -0.39 is 0 Å². The molecule has 0 bridgehead atoms. The molecule has 0 radical (unpaired) electrons. The van der Waals surface area contributed by atoms with Gasteiger partial charge in [0.25, 0.3) is 0 Å². The molecule has 1 N–H and O–H groups in total. The first-order valence-electron chi connectivity index (χ1n) is 7.44. The Morgan fingerprint density at radius 2 is 1.77 bits per heavy atom. The number of aromatic nitrogens is 3. The summed E-state index contributed by atoms with van der Waals surface area (Å²) in [4.78, 5) is 31.9. The highest BCUT2D eigenvalue weighted by atomic mass is 16.2. The molecular weight excluding hydrogens is 284 g/mol. The number of hydrogen-bond donors (Lipinski definition) is 1. The van der Waals surface area contributed by atoms with Gasteiger partial charge in [0, 0.05) is 38.6 Å². The van der Waals surface area contributed by atoms with Crippen LogP contribution in [0.5, 0.6) is 0 Å². The Morgan fingerprint density at radius 3 is 2.27 bits per heavy atom. The minimum atomic E-state index is -0.380. The molecule has 1 aromatic heterocycles. The lowest BCUT2D eigenvalue weighted by Crippen LogP contribution is -2.54. The predicted molar refractivity (Wildman–Crippen MR) is 80.8 cm³/mol. The molecule has 1 fully saturated rings. The van der Waals surface area contributed by atoms with E-state index in [4.69, 9.17) is 0 Å². The molecule has 0 aromatic carbocycles. The van der Waals surface area contributed by atoms with Gasteiger partial charge in [0.2, 0.25) is 5.91 Å². The number of urea groups is 1. The van der Waals surface area contributed by atoms with Gasteiger partial charge in [-0.05, 0) is 0 Å². The van der Waals surface area contributed by atoms with Crippen LogP contribution in [-0.2, 0) is 18.4 Å². The van der Waals surface area contributed by atoms with Gasteiger partial charge in [0.1, 0.15) is 6.33 Å². The fourth-order valence-corrected chi connectivity index (χ4v) is 2.32. The molecule has 1 aromatic rings. The first-order valence-corrected chi connectivity index (χ1v) is 7.44. The van der Waals surface area contributed by atoms with Gasteiger partial charge in [-0.15, -0.1) is 0 Å². The van der Waals surface area contributed by atoms with Gasteiger partial charge < -0.3 is 15.1 Å². The molecule has 2 heterocycles. The lowest BCUT2D eigenvalue weighted by atomic mass is 9.94. The first kappa shape index (κ1) is 16.3. The maximum atomic E-state index is 12.2. The van der Waals surface area contributed by atoms with Crippen molar-refractivity contribution in [2.75, 3.05) is 26.2 Å². The number of nitrogens with zero attached hydrogens (tertiary/aromatic N) is 5. The van der Waals surface area contributed by atoms with E-state index in [1.54, 1.807) is 23.0 Å². The van der Waals surface area contributed by atoms with Crippen LogP contribution in [0.4, 0.5) is 4.79 Å². The topological polar surface area (TPSA) is 83.4 Å². The van der Waals surface area contributed by atoms with E-state index in [9.17, 15) is 9.59 Å². The number of carbonyl (C=O) groups is 2. The van der Waals surface area contributed by atoms with Crippen LogP contribution in [0.2, 0.25) is 0 Å². The molecular formula is C14H24N6O2. The molecule has 1 saturated heterocycles. The highest BCUT2D eigenvalue weighted by molar-refractivity contribution is 5.82. The van der Waals surface area contributed by atoms with Gasteiger partial charge in [-0.3, -0.25) is 9.48 Å². The van der Waals surface area contributed by atoms with Crippen molar-refractivity contribution in [1.29, 1.82) is 0 Å². The van der Waals surface area contributed by atoms with Crippen LogP contribution in [0, 0.1) is 5.41 Å². The fraction of sp³-hybridized carbons (Fsp3) is 0.714. The van der Waals surface area contributed by atoms with E-state index in [1.807, 2.05) is 25.7 Å². The number of aryl methyl sites for hydroxylation is 1. The van der Waals surface area contributed by atoms with Crippen LogP contribution in [0.25, 0.3) is 0 Å². The van der Waals surface area contributed by atoms with Crippen LogP contribution in [-0.4, -0.2) is 62.7 Å². The van der Waals surface area contributed by atoms with Crippen molar-refractivity contribution >= 4 is 11.9 Å². The summed E-state index contributed by atoms with van der Waals surface area (Å²) in [6, 6.07) is -0.143. The molecule has 122 valence electrons. The van der Waals surface area contributed by atoms with E-state index in [0.717, 1.165) is 0 Å². The van der Waals surface area contributed by atoms with E-state index in [2.05, 4.69) is 15.4 Å². The third-order valence-corrected chi connectivity index (χ3v) is 3.54. The lowest BCUT2D eigenvalue weighted by molar-refractivity contribution is -0.140. The maximum Gasteiger partial charge on any atom is 0.317 e. The Bertz CT molecular complexity index is 540. The molecule has 3 amide bonds. The van der Waals surface area contributed by atoms with Gasteiger partial charge in [-0.2, -0.15) is 5.10 Å². The molecule has 0 unspecified atom stereocenters. The van der Waals surface area contributed by atoms with Crippen molar-refractivity contribution in [2.24, 2.45) is 12.5 Å². The molecule has 1 aliphatic heterocycles. The van der Waals surface area contributed by atoms with Crippen LogP contribution >= 0.6 is 0 Å². The molecule has 0 spiro atoms. The number of hydrogen-bond acceptors (Lipinski definition) is 4. The van der Waals surface area contributed by atoms with Gasteiger partial charge in [0.15, 0.2) is 5.82 Å². The second kappa shape index (κ2) is 6.33. The van der Waals surface area contributed by atoms with Crippen molar-refractivity contribution in [3.05, 3.63) is 12.2 Å². The highest BCUT2D eigenvalue weighted by Gasteiger charge is 2.30. The van der Waals surface area contributed by atoms with Crippen molar-refractivity contribution in [3.63, 3.8) is 0 Å². The molecule has 8 nitrogen and oxygen atoms in total. The summed E-state index contributed by atoms with van der Waals surface area (Å²) in [5, 5.41) is 6.91. The number of rotatable bonds is 2. The van der Waals surface area contributed by atoms with Crippen LogP contribution in [0.1, 0.15) is 26.6 Å². The van der Waals surface area contributed by atoms with E-state index in [1.165, 1.54) is 0 Å². The zero-order valence-corrected chi connectivity index (χ0v) is 13.7. The maximum absolute atomic E-state index is 12.2. The quantitative estimate of drug-likeness (QED) is 0.847. The average molecular weight is 308 g/mol. The normalized spacial score (nSPS) is 15.8. The zero-order chi connectivity index (χ0) is 16.3.